The molecule has 3 rings (SSSR count). The number of morpholine rings is 1. The summed E-state index contributed by atoms with van der Waals surface area (Å²) in [6, 6.07) is 0.450. The van der Waals surface area contributed by atoms with Gasteiger partial charge in [0.25, 0.3) is 0 Å². The maximum absolute atomic E-state index is 6.03. The van der Waals surface area contributed by atoms with Gasteiger partial charge in [0.05, 0.1) is 25.4 Å². The van der Waals surface area contributed by atoms with Crippen LogP contribution in [0.4, 0.5) is 0 Å². The van der Waals surface area contributed by atoms with Crippen LogP contribution in [0.2, 0.25) is 0 Å². The van der Waals surface area contributed by atoms with E-state index in [1.807, 2.05) is 0 Å². The maximum atomic E-state index is 6.03. The molecule has 0 bridgehead atoms. The molecule has 2 aliphatic heterocycles. The highest BCUT2D eigenvalue weighted by atomic mass is 16.5. The Kier molecular flexibility index (Phi) is 2.71. The summed E-state index contributed by atoms with van der Waals surface area (Å²) in [6.07, 6.45) is 8.16. The lowest BCUT2D eigenvalue weighted by Crippen LogP contribution is -2.65. The highest BCUT2D eigenvalue weighted by Crippen LogP contribution is 2.33. The van der Waals surface area contributed by atoms with E-state index in [0.29, 0.717) is 17.7 Å². The van der Waals surface area contributed by atoms with Gasteiger partial charge in [-0.3, -0.25) is 0 Å². The minimum atomic E-state index is 0.292. The molecule has 86 valence electrons. The SMILES string of the molecule is C1CCC2(CC1)COC1CCOCC1N2. The molecule has 1 N–H and O–H groups in total. The molecular formula is C12H21NO2. The van der Waals surface area contributed by atoms with Crippen LogP contribution in [0.25, 0.3) is 0 Å². The summed E-state index contributed by atoms with van der Waals surface area (Å²) in [5.41, 5.74) is 0.292. The van der Waals surface area contributed by atoms with Crippen molar-refractivity contribution in [3.63, 3.8) is 0 Å². The van der Waals surface area contributed by atoms with Gasteiger partial charge in [0.2, 0.25) is 0 Å². The molecule has 3 heteroatoms. The molecule has 0 aromatic heterocycles. The highest BCUT2D eigenvalue weighted by Gasteiger charge is 2.42. The molecule has 2 unspecified atom stereocenters. The Morgan fingerprint density at radius 3 is 2.87 bits per heavy atom. The fraction of sp³-hybridized carbons (Fsp3) is 1.00. The summed E-state index contributed by atoms with van der Waals surface area (Å²) in [6.45, 7) is 2.64. The van der Waals surface area contributed by atoms with E-state index in [9.17, 15) is 0 Å². The van der Waals surface area contributed by atoms with E-state index >= 15 is 0 Å². The zero-order valence-electron chi connectivity index (χ0n) is 9.34. The van der Waals surface area contributed by atoms with Crippen LogP contribution < -0.4 is 5.32 Å². The Bertz CT molecular complexity index is 226. The molecule has 2 saturated heterocycles. The van der Waals surface area contributed by atoms with Gasteiger partial charge in [0, 0.05) is 12.1 Å². The smallest absolute Gasteiger partial charge is 0.0773 e. The molecule has 15 heavy (non-hydrogen) atoms. The Labute approximate surface area is 91.5 Å². The van der Waals surface area contributed by atoms with Gasteiger partial charge in [-0.25, -0.2) is 0 Å². The normalized spacial score (nSPS) is 40.0. The van der Waals surface area contributed by atoms with Gasteiger partial charge in [-0.2, -0.15) is 0 Å². The summed E-state index contributed by atoms with van der Waals surface area (Å²) in [5, 5.41) is 3.82. The van der Waals surface area contributed by atoms with Crippen molar-refractivity contribution in [2.45, 2.75) is 56.2 Å². The summed E-state index contributed by atoms with van der Waals surface area (Å²) >= 11 is 0. The molecule has 2 heterocycles. The van der Waals surface area contributed by atoms with Crippen molar-refractivity contribution in [1.29, 1.82) is 0 Å². The summed E-state index contributed by atoms with van der Waals surface area (Å²) in [4.78, 5) is 0. The van der Waals surface area contributed by atoms with Gasteiger partial charge >= 0.3 is 0 Å². The lowest BCUT2D eigenvalue weighted by atomic mass is 9.80. The van der Waals surface area contributed by atoms with Crippen molar-refractivity contribution in [2.24, 2.45) is 0 Å². The third-order valence-corrected chi connectivity index (χ3v) is 4.17. The van der Waals surface area contributed by atoms with Crippen LogP contribution >= 0.6 is 0 Å². The van der Waals surface area contributed by atoms with E-state index < -0.39 is 0 Å². The molecule has 3 nitrogen and oxygen atoms in total. The predicted molar refractivity (Wildman–Crippen MR) is 57.9 cm³/mol. The Morgan fingerprint density at radius 1 is 1.13 bits per heavy atom. The second-order valence-corrected chi connectivity index (χ2v) is 5.30. The molecule has 2 atom stereocenters. The van der Waals surface area contributed by atoms with E-state index in [4.69, 9.17) is 9.47 Å². The van der Waals surface area contributed by atoms with Crippen molar-refractivity contribution in [3.8, 4) is 0 Å². The number of fused-ring (bicyclic) bond motifs is 1. The fourth-order valence-electron chi connectivity index (χ4n) is 3.27. The largest absolute Gasteiger partial charge is 0.380 e. The van der Waals surface area contributed by atoms with Crippen molar-refractivity contribution >= 4 is 0 Å². The first-order chi connectivity index (χ1) is 7.38. The van der Waals surface area contributed by atoms with E-state index in [2.05, 4.69) is 5.32 Å². The summed E-state index contributed by atoms with van der Waals surface area (Å²) < 4.78 is 11.6. The standard InChI is InChI=1S/C12H21NO2/c1-2-5-12(6-3-1)9-15-11-4-7-14-8-10(11)13-12/h10-11,13H,1-9H2. The molecule has 1 saturated carbocycles. The minimum absolute atomic E-state index is 0.292. The molecule has 0 radical (unpaired) electrons. The van der Waals surface area contributed by atoms with Crippen LogP contribution in [0.5, 0.6) is 0 Å². The molecule has 3 aliphatic rings. The van der Waals surface area contributed by atoms with Crippen LogP contribution in [0.1, 0.15) is 38.5 Å². The number of hydrogen-bond acceptors (Lipinski definition) is 3. The van der Waals surface area contributed by atoms with E-state index in [0.717, 1.165) is 26.2 Å². The Morgan fingerprint density at radius 2 is 2.00 bits per heavy atom. The van der Waals surface area contributed by atoms with Gasteiger partial charge in [-0.15, -0.1) is 0 Å². The van der Waals surface area contributed by atoms with Crippen LogP contribution in [0, 0.1) is 0 Å². The summed E-state index contributed by atoms with van der Waals surface area (Å²) in [7, 11) is 0. The lowest BCUT2D eigenvalue weighted by Gasteiger charge is -2.49. The number of ether oxygens (including phenoxy) is 2. The van der Waals surface area contributed by atoms with Crippen molar-refractivity contribution in [2.75, 3.05) is 19.8 Å². The molecule has 1 spiro atoms. The van der Waals surface area contributed by atoms with Crippen molar-refractivity contribution in [3.05, 3.63) is 0 Å². The van der Waals surface area contributed by atoms with Gasteiger partial charge in [0.15, 0.2) is 0 Å². The highest BCUT2D eigenvalue weighted by molar-refractivity contribution is 4.99. The van der Waals surface area contributed by atoms with Crippen LogP contribution in [0.3, 0.4) is 0 Å². The maximum Gasteiger partial charge on any atom is 0.0773 e. The van der Waals surface area contributed by atoms with E-state index in [1.54, 1.807) is 0 Å². The molecular weight excluding hydrogens is 190 g/mol. The number of hydrogen-bond donors (Lipinski definition) is 1. The van der Waals surface area contributed by atoms with Gasteiger partial charge in [0.1, 0.15) is 0 Å². The first kappa shape index (κ1) is 10.1. The lowest BCUT2D eigenvalue weighted by molar-refractivity contribution is -0.123. The van der Waals surface area contributed by atoms with E-state index in [1.165, 1.54) is 32.1 Å². The topological polar surface area (TPSA) is 30.5 Å². The first-order valence-corrected chi connectivity index (χ1v) is 6.35. The molecule has 0 amide bonds. The molecule has 3 fully saturated rings. The minimum Gasteiger partial charge on any atom is -0.380 e. The Balaban J connectivity index is 1.68. The monoisotopic (exact) mass is 211 g/mol. The quantitative estimate of drug-likeness (QED) is 0.658. The average Bonchev–Trinajstić information content (AvgIpc) is 2.30. The van der Waals surface area contributed by atoms with Crippen LogP contribution in [-0.4, -0.2) is 37.5 Å². The van der Waals surface area contributed by atoms with Crippen LogP contribution in [0.15, 0.2) is 0 Å². The number of nitrogens with one attached hydrogen (secondary N) is 1. The van der Waals surface area contributed by atoms with E-state index in [-0.39, 0.29) is 0 Å². The van der Waals surface area contributed by atoms with Gasteiger partial charge in [-0.1, -0.05) is 19.3 Å². The second-order valence-electron chi connectivity index (χ2n) is 5.30. The third-order valence-electron chi connectivity index (χ3n) is 4.17. The zero-order valence-corrected chi connectivity index (χ0v) is 9.34. The van der Waals surface area contributed by atoms with Crippen molar-refractivity contribution < 1.29 is 9.47 Å². The molecule has 0 aromatic rings. The number of rotatable bonds is 0. The Hall–Kier alpha value is -0.120. The first-order valence-electron chi connectivity index (χ1n) is 6.35. The molecule has 0 aromatic carbocycles. The predicted octanol–water partition coefficient (Wildman–Crippen LogP) is 1.47. The van der Waals surface area contributed by atoms with Gasteiger partial charge < -0.3 is 14.8 Å². The van der Waals surface area contributed by atoms with Crippen molar-refractivity contribution in [1.82, 2.24) is 5.32 Å². The van der Waals surface area contributed by atoms with Gasteiger partial charge in [-0.05, 0) is 19.3 Å². The fourth-order valence-corrected chi connectivity index (χ4v) is 3.27. The van der Waals surface area contributed by atoms with Crippen LogP contribution in [-0.2, 0) is 9.47 Å². The summed E-state index contributed by atoms with van der Waals surface area (Å²) in [5.74, 6) is 0. The zero-order chi connectivity index (χ0) is 10.1. The second kappa shape index (κ2) is 4.04. The molecule has 1 aliphatic carbocycles. The third kappa shape index (κ3) is 1.93. The average molecular weight is 211 g/mol.